The van der Waals surface area contributed by atoms with Crippen molar-refractivity contribution in [3.63, 3.8) is 0 Å². The zero-order valence-corrected chi connectivity index (χ0v) is 15.5. The zero-order chi connectivity index (χ0) is 17.9. The van der Waals surface area contributed by atoms with Crippen molar-refractivity contribution in [2.24, 2.45) is 0 Å². The van der Waals surface area contributed by atoms with E-state index in [9.17, 15) is 9.18 Å². The number of thiophene rings is 1. The second kappa shape index (κ2) is 7.76. The normalized spacial score (nSPS) is 25.7. The summed E-state index contributed by atoms with van der Waals surface area (Å²) in [5, 5.41) is 7.97. The number of benzene rings is 1. The summed E-state index contributed by atoms with van der Waals surface area (Å²) >= 11 is 1.82. The summed E-state index contributed by atoms with van der Waals surface area (Å²) in [6, 6.07) is 11.3. The summed E-state index contributed by atoms with van der Waals surface area (Å²) in [6.45, 7) is 1.02. The van der Waals surface area contributed by atoms with Crippen LogP contribution in [0, 0.1) is 5.82 Å². The first-order chi connectivity index (χ1) is 12.7. The maximum absolute atomic E-state index is 13.3. The van der Waals surface area contributed by atoms with E-state index in [2.05, 4.69) is 33.0 Å². The van der Waals surface area contributed by atoms with Crippen LogP contribution in [-0.4, -0.2) is 29.1 Å². The largest absolute Gasteiger partial charge is 0.335 e. The summed E-state index contributed by atoms with van der Waals surface area (Å²) in [5.41, 5.74) is 0.484. The molecule has 6 heteroatoms. The van der Waals surface area contributed by atoms with Crippen LogP contribution >= 0.6 is 11.3 Å². The Kier molecular flexibility index (Phi) is 5.22. The monoisotopic (exact) mass is 373 g/mol. The van der Waals surface area contributed by atoms with Crippen molar-refractivity contribution < 1.29 is 9.18 Å². The minimum Gasteiger partial charge on any atom is -0.335 e. The Balaban J connectivity index is 1.35. The van der Waals surface area contributed by atoms with E-state index in [1.807, 2.05) is 11.3 Å². The Hall–Kier alpha value is -1.92. The van der Waals surface area contributed by atoms with Gasteiger partial charge in [0.1, 0.15) is 5.82 Å². The van der Waals surface area contributed by atoms with Gasteiger partial charge in [-0.05, 0) is 55.3 Å². The molecule has 2 bridgehead atoms. The lowest BCUT2D eigenvalue weighted by Gasteiger charge is -2.48. The number of urea groups is 1. The van der Waals surface area contributed by atoms with E-state index in [1.54, 1.807) is 12.1 Å². The Bertz CT molecular complexity index is 737. The number of anilines is 1. The molecule has 2 amide bonds. The number of carbonyl (C=O) groups is 1. The number of nitrogens with zero attached hydrogens (tertiary/aromatic N) is 1. The fourth-order valence-electron chi connectivity index (χ4n) is 4.36. The van der Waals surface area contributed by atoms with E-state index in [1.165, 1.54) is 36.3 Å². The van der Waals surface area contributed by atoms with Gasteiger partial charge in [0.2, 0.25) is 0 Å². The summed E-state index contributed by atoms with van der Waals surface area (Å²) in [6.07, 6.45) is 5.65. The highest BCUT2D eigenvalue weighted by Gasteiger charge is 2.38. The lowest BCUT2D eigenvalue weighted by atomic mass is 9.81. The number of carbonyl (C=O) groups excluding carboxylic acids is 1. The maximum Gasteiger partial charge on any atom is 0.319 e. The van der Waals surface area contributed by atoms with Gasteiger partial charge in [-0.1, -0.05) is 18.6 Å². The molecule has 0 radical (unpaired) electrons. The van der Waals surface area contributed by atoms with E-state index in [4.69, 9.17) is 0 Å². The number of fused-ring (bicyclic) bond motifs is 2. The lowest BCUT2D eigenvalue weighted by molar-refractivity contribution is 0.0208. The molecular weight excluding hydrogens is 349 g/mol. The van der Waals surface area contributed by atoms with E-state index in [0.29, 0.717) is 17.8 Å². The third kappa shape index (κ3) is 4.07. The molecule has 138 valence electrons. The van der Waals surface area contributed by atoms with Crippen molar-refractivity contribution in [3.8, 4) is 0 Å². The smallest absolute Gasteiger partial charge is 0.319 e. The summed E-state index contributed by atoms with van der Waals surface area (Å²) in [4.78, 5) is 16.3. The Labute approximate surface area is 157 Å². The average Bonchev–Trinajstić information content (AvgIpc) is 3.08. The molecule has 2 saturated heterocycles. The number of amides is 2. The van der Waals surface area contributed by atoms with Crippen LogP contribution in [0.4, 0.5) is 14.9 Å². The lowest BCUT2D eigenvalue weighted by Crippen LogP contribution is -2.56. The van der Waals surface area contributed by atoms with Crippen LogP contribution in [0.15, 0.2) is 41.8 Å². The highest BCUT2D eigenvalue weighted by Crippen LogP contribution is 2.35. The van der Waals surface area contributed by atoms with Crippen LogP contribution in [0.25, 0.3) is 0 Å². The predicted octanol–water partition coefficient (Wildman–Crippen LogP) is 4.59. The SMILES string of the molecule is O=C(Nc1cccc(F)c1)NC1C[C@@H]2CCC[C@@H](C1)N2Cc1cccs1. The number of hydrogen-bond acceptors (Lipinski definition) is 3. The molecule has 2 aliphatic rings. The summed E-state index contributed by atoms with van der Waals surface area (Å²) in [5.74, 6) is -0.348. The second-order valence-electron chi connectivity index (χ2n) is 7.27. The van der Waals surface area contributed by atoms with Crippen LogP contribution < -0.4 is 10.6 Å². The van der Waals surface area contributed by atoms with Crippen LogP contribution in [-0.2, 0) is 6.54 Å². The highest BCUT2D eigenvalue weighted by atomic mass is 32.1. The molecule has 0 saturated carbocycles. The van der Waals surface area contributed by atoms with Gasteiger partial charge in [-0.2, -0.15) is 0 Å². The first-order valence-electron chi connectivity index (χ1n) is 9.28. The fourth-order valence-corrected chi connectivity index (χ4v) is 5.07. The Morgan fingerprint density at radius 1 is 1.19 bits per heavy atom. The molecule has 2 aromatic rings. The molecule has 1 aromatic heterocycles. The standard InChI is InChI=1S/C20H24FN3OS/c21-14-4-1-5-15(10-14)22-20(25)23-16-11-17-6-2-7-18(12-16)24(17)13-19-8-3-9-26-19/h1,3-5,8-10,16-18H,2,6-7,11-13H2,(H2,22,23,25)/t17-,18-/m0/s1. The fraction of sp³-hybridized carbons (Fsp3) is 0.450. The number of piperidine rings is 2. The van der Waals surface area contributed by atoms with Gasteiger partial charge in [-0.3, -0.25) is 4.90 Å². The first-order valence-corrected chi connectivity index (χ1v) is 10.2. The molecule has 3 heterocycles. The van der Waals surface area contributed by atoms with Gasteiger partial charge < -0.3 is 10.6 Å². The minimum absolute atomic E-state index is 0.179. The van der Waals surface area contributed by atoms with Gasteiger partial charge in [0.15, 0.2) is 0 Å². The van der Waals surface area contributed by atoms with Gasteiger partial charge in [-0.15, -0.1) is 11.3 Å². The first kappa shape index (κ1) is 17.5. The third-order valence-electron chi connectivity index (χ3n) is 5.46. The maximum atomic E-state index is 13.3. The molecule has 26 heavy (non-hydrogen) atoms. The van der Waals surface area contributed by atoms with Crippen molar-refractivity contribution >= 4 is 23.1 Å². The van der Waals surface area contributed by atoms with Crippen molar-refractivity contribution in [3.05, 3.63) is 52.5 Å². The van der Waals surface area contributed by atoms with E-state index >= 15 is 0 Å². The number of halogens is 1. The van der Waals surface area contributed by atoms with Gasteiger partial charge in [0.05, 0.1) is 0 Å². The van der Waals surface area contributed by atoms with Crippen molar-refractivity contribution in [1.82, 2.24) is 10.2 Å². The van der Waals surface area contributed by atoms with E-state index < -0.39 is 0 Å². The topological polar surface area (TPSA) is 44.4 Å². The molecule has 2 N–H and O–H groups in total. The highest BCUT2D eigenvalue weighted by molar-refractivity contribution is 7.09. The quantitative estimate of drug-likeness (QED) is 0.823. The molecule has 2 aliphatic heterocycles. The molecule has 4 nitrogen and oxygen atoms in total. The Morgan fingerprint density at radius 3 is 2.69 bits per heavy atom. The molecular formula is C20H24FN3OS. The predicted molar refractivity (Wildman–Crippen MR) is 103 cm³/mol. The van der Waals surface area contributed by atoms with Crippen molar-refractivity contribution in [1.29, 1.82) is 0 Å². The van der Waals surface area contributed by atoms with E-state index in [-0.39, 0.29) is 17.9 Å². The third-order valence-corrected chi connectivity index (χ3v) is 6.32. The Morgan fingerprint density at radius 2 is 2.00 bits per heavy atom. The van der Waals surface area contributed by atoms with Gasteiger partial charge in [-0.25, -0.2) is 9.18 Å². The molecule has 1 aromatic carbocycles. The molecule has 0 spiro atoms. The molecule has 0 unspecified atom stereocenters. The summed E-state index contributed by atoms with van der Waals surface area (Å²) < 4.78 is 13.3. The second-order valence-corrected chi connectivity index (χ2v) is 8.30. The number of nitrogens with one attached hydrogen (secondary N) is 2. The van der Waals surface area contributed by atoms with Gasteiger partial charge >= 0.3 is 6.03 Å². The van der Waals surface area contributed by atoms with Gasteiger partial charge in [0, 0.05) is 35.2 Å². The molecule has 0 aliphatic carbocycles. The molecule has 2 atom stereocenters. The van der Waals surface area contributed by atoms with Crippen molar-refractivity contribution in [2.75, 3.05) is 5.32 Å². The minimum atomic E-state index is -0.348. The van der Waals surface area contributed by atoms with Crippen LogP contribution in [0.1, 0.15) is 37.0 Å². The average molecular weight is 373 g/mol. The number of rotatable bonds is 4. The van der Waals surface area contributed by atoms with Crippen LogP contribution in [0.2, 0.25) is 0 Å². The van der Waals surface area contributed by atoms with Crippen molar-refractivity contribution in [2.45, 2.75) is 56.8 Å². The molecule has 2 fully saturated rings. The zero-order valence-electron chi connectivity index (χ0n) is 14.7. The molecule has 4 rings (SSSR count). The van der Waals surface area contributed by atoms with E-state index in [0.717, 1.165) is 19.4 Å². The van der Waals surface area contributed by atoms with Crippen LogP contribution in [0.3, 0.4) is 0 Å². The number of hydrogen-bond donors (Lipinski definition) is 2. The van der Waals surface area contributed by atoms with Gasteiger partial charge in [0.25, 0.3) is 0 Å². The summed E-state index contributed by atoms with van der Waals surface area (Å²) in [7, 11) is 0. The van der Waals surface area contributed by atoms with Crippen LogP contribution in [0.5, 0.6) is 0 Å².